The molecular weight excluding hydrogens is 705 g/mol. The Labute approximate surface area is 221 Å². The predicted octanol–water partition coefficient (Wildman–Crippen LogP) is 7.44. The first-order chi connectivity index (χ1) is 14.9. The molecule has 1 amide bonds. The quantitative estimate of drug-likeness (QED) is 0.164. The van der Waals surface area contributed by atoms with Crippen molar-refractivity contribution in [2.75, 3.05) is 5.32 Å². The highest BCUT2D eigenvalue weighted by Crippen LogP contribution is 2.31. The van der Waals surface area contributed by atoms with Crippen LogP contribution in [0.5, 0.6) is 5.75 Å². The molecule has 0 aliphatic carbocycles. The van der Waals surface area contributed by atoms with Gasteiger partial charge in [0.2, 0.25) is 0 Å². The van der Waals surface area contributed by atoms with Crippen LogP contribution in [0.25, 0.3) is 6.08 Å². The van der Waals surface area contributed by atoms with Gasteiger partial charge in [-0.1, -0.05) is 45.7 Å². The maximum Gasteiger partial charge on any atom is 0.266 e. The van der Waals surface area contributed by atoms with Crippen LogP contribution in [0, 0.1) is 18.5 Å². The zero-order valence-electron chi connectivity index (χ0n) is 15.8. The van der Waals surface area contributed by atoms with Gasteiger partial charge in [-0.3, -0.25) is 4.79 Å². The summed E-state index contributed by atoms with van der Waals surface area (Å²) in [5.41, 5.74) is 2.26. The topological polar surface area (TPSA) is 62.1 Å². The van der Waals surface area contributed by atoms with Crippen molar-refractivity contribution in [2.24, 2.45) is 0 Å². The fraction of sp³-hybridized carbons (Fsp3) is 0.0435. The number of amides is 1. The van der Waals surface area contributed by atoms with Crippen molar-refractivity contribution in [2.45, 2.75) is 6.61 Å². The lowest BCUT2D eigenvalue weighted by molar-refractivity contribution is -0.112. The van der Waals surface area contributed by atoms with E-state index in [1.165, 1.54) is 0 Å². The van der Waals surface area contributed by atoms with Crippen LogP contribution < -0.4 is 10.1 Å². The molecule has 31 heavy (non-hydrogen) atoms. The summed E-state index contributed by atoms with van der Waals surface area (Å²) in [7, 11) is 0. The Balaban J connectivity index is 1.77. The third kappa shape index (κ3) is 6.68. The summed E-state index contributed by atoms with van der Waals surface area (Å²) in [6.07, 6.45) is 1.57. The lowest BCUT2D eigenvalue weighted by Gasteiger charge is -2.12. The molecule has 0 unspecified atom stereocenters. The minimum absolute atomic E-state index is 0.0132. The first-order valence-electron chi connectivity index (χ1n) is 8.91. The van der Waals surface area contributed by atoms with E-state index in [2.05, 4.69) is 66.4 Å². The summed E-state index contributed by atoms with van der Waals surface area (Å²) in [4.78, 5) is 12.5. The SMILES string of the molecule is N#C/C(=C/c1cc(I)c(OCc2ccccc2Cl)c(I)c1)C(=O)Nc1ccc(Br)cc1. The zero-order valence-corrected chi connectivity index (χ0v) is 22.5. The van der Waals surface area contributed by atoms with E-state index in [1.54, 1.807) is 18.2 Å². The van der Waals surface area contributed by atoms with E-state index >= 15 is 0 Å². The van der Waals surface area contributed by atoms with Crippen LogP contribution in [0.3, 0.4) is 0 Å². The summed E-state index contributed by atoms with van der Waals surface area (Å²) < 4.78 is 8.63. The number of nitrogens with zero attached hydrogens (tertiary/aromatic N) is 1. The molecule has 3 aromatic carbocycles. The van der Waals surface area contributed by atoms with E-state index in [9.17, 15) is 10.1 Å². The van der Waals surface area contributed by atoms with Gasteiger partial charge in [-0.15, -0.1) is 0 Å². The number of anilines is 1. The molecule has 0 spiro atoms. The van der Waals surface area contributed by atoms with Gasteiger partial charge < -0.3 is 10.1 Å². The number of rotatable bonds is 6. The Kier molecular flexibility index (Phi) is 8.77. The van der Waals surface area contributed by atoms with Crippen LogP contribution in [0.2, 0.25) is 5.02 Å². The van der Waals surface area contributed by atoms with Crippen LogP contribution in [-0.4, -0.2) is 5.91 Å². The Morgan fingerprint density at radius 3 is 2.39 bits per heavy atom. The fourth-order valence-corrected chi connectivity index (χ4v) is 5.20. The molecule has 0 aromatic heterocycles. The average molecular weight is 720 g/mol. The maximum absolute atomic E-state index is 12.5. The Morgan fingerprint density at radius 1 is 1.13 bits per heavy atom. The molecule has 0 fully saturated rings. The van der Waals surface area contributed by atoms with Crippen LogP contribution in [0.4, 0.5) is 5.69 Å². The number of nitrogens with one attached hydrogen (secondary N) is 1. The van der Waals surface area contributed by atoms with Crippen LogP contribution in [0.15, 0.2) is 70.7 Å². The van der Waals surface area contributed by atoms with Crippen molar-refractivity contribution in [3.63, 3.8) is 0 Å². The van der Waals surface area contributed by atoms with Crippen molar-refractivity contribution >= 4 is 90.4 Å². The largest absolute Gasteiger partial charge is 0.487 e. The highest BCUT2D eigenvalue weighted by molar-refractivity contribution is 14.1. The summed E-state index contributed by atoms with van der Waals surface area (Å²) in [5, 5.41) is 12.9. The van der Waals surface area contributed by atoms with E-state index in [4.69, 9.17) is 16.3 Å². The maximum atomic E-state index is 12.5. The van der Waals surface area contributed by atoms with Gasteiger partial charge in [0.05, 0.1) is 7.14 Å². The minimum Gasteiger partial charge on any atom is -0.487 e. The van der Waals surface area contributed by atoms with Crippen molar-refractivity contribution in [1.82, 2.24) is 0 Å². The number of halogens is 4. The molecule has 3 aromatic rings. The number of benzene rings is 3. The second-order valence-corrected chi connectivity index (χ2v) is 9.97. The van der Waals surface area contributed by atoms with E-state index in [-0.39, 0.29) is 5.57 Å². The van der Waals surface area contributed by atoms with Crippen molar-refractivity contribution in [1.29, 1.82) is 5.26 Å². The van der Waals surface area contributed by atoms with E-state index < -0.39 is 5.91 Å². The molecule has 0 bridgehead atoms. The van der Waals surface area contributed by atoms with Gasteiger partial charge >= 0.3 is 0 Å². The molecule has 0 atom stereocenters. The van der Waals surface area contributed by atoms with Gasteiger partial charge in [-0.05, 0) is 99.3 Å². The third-order valence-electron chi connectivity index (χ3n) is 4.13. The van der Waals surface area contributed by atoms with Crippen molar-refractivity contribution in [3.8, 4) is 11.8 Å². The molecule has 8 heteroatoms. The molecule has 0 aliphatic heterocycles. The summed E-state index contributed by atoms with van der Waals surface area (Å²) in [5.74, 6) is 0.268. The minimum atomic E-state index is -0.464. The van der Waals surface area contributed by atoms with E-state index in [1.807, 2.05) is 54.6 Å². The molecular formula is C23H14BrClI2N2O2. The normalized spacial score (nSPS) is 11.0. The molecule has 0 saturated carbocycles. The number of carbonyl (C=O) groups is 1. The van der Waals surface area contributed by atoms with Gasteiger partial charge in [0.15, 0.2) is 0 Å². The lowest BCUT2D eigenvalue weighted by atomic mass is 10.1. The Bertz CT molecular complexity index is 1170. The van der Waals surface area contributed by atoms with Gasteiger partial charge in [-0.25, -0.2) is 0 Å². The second kappa shape index (κ2) is 11.3. The molecule has 0 aliphatic rings. The first kappa shape index (κ1) is 24.0. The molecule has 4 nitrogen and oxygen atoms in total. The third-order valence-corrected chi connectivity index (χ3v) is 6.63. The van der Waals surface area contributed by atoms with Gasteiger partial charge in [0.1, 0.15) is 24.0 Å². The number of hydrogen-bond donors (Lipinski definition) is 1. The van der Waals surface area contributed by atoms with Crippen LogP contribution >= 0.6 is 72.7 Å². The molecule has 3 rings (SSSR count). The number of hydrogen-bond acceptors (Lipinski definition) is 3. The second-order valence-electron chi connectivity index (χ2n) is 6.32. The highest BCUT2D eigenvalue weighted by Gasteiger charge is 2.13. The lowest BCUT2D eigenvalue weighted by Crippen LogP contribution is -2.13. The fourth-order valence-electron chi connectivity index (χ4n) is 2.61. The monoisotopic (exact) mass is 718 g/mol. The predicted molar refractivity (Wildman–Crippen MR) is 144 cm³/mol. The van der Waals surface area contributed by atoms with Crippen LogP contribution in [0.1, 0.15) is 11.1 Å². The average Bonchev–Trinajstić information content (AvgIpc) is 2.74. The van der Waals surface area contributed by atoms with Crippen LogP contribution in [-0.2, 0) is 11.4 Å². The molecule has 0 saturated heterocycles. The Morgan fingerprint density at radius 2 is 1.77 bits per heavy atom. The molecule has 0 heterocycles. The van der Waals surface area contributed by atoms with E-state index in [0.717, 1.165) is 28.5 Å². The number of nitriles is 1. The van der Waals surface area contributed by atoms with Crippen molar-refractivity contribution in [3.05, 3.63) is 94.0 Å². The first-order valence-corrected chi connectivity index (χ1v) is 12.2. The molecule has 1 N–H and O–H groups in total. The van der Waals surface area contributed by atoms with Gasteiger partial charge in [-0.2, -0.15) is 5.26 Å². The molecule has 156 valence electrons. The number of carbonyl (C=O) groups excluding carboxylic acids is 1. The summed E-state index contributed by atoms with van der Waals surface area (Å²) in [6, 6.07) is 20.4. The number of ether oxygens (including phenoxy) is 1. The Hall–Kier alpha value is -1.61. The van der Waals surface area contributed by atoms with E-state index in [0.29, 0.717) is 17.3 Å². The summed E-state index contributed by atoms with van der Waals surface area (Å²) in [6.45, 7) is 0.347. The smallest absolute Gasteiger partial charge is 0.266 e. The summed E-state index contributed by atoms with van der Waals surface area (Å²) >= 11 is 13.9. The standard InChI is InChI=1S/C23H14BrClI2N2O2/c24-17-5-7-18(8-6-17)29-23(30)16(12-28)9-14-10-20(26)22(21(27)11-14)31-13-15-3-1-2-4-19(15)25/h1-11H,13H2,(H,29,30)/b16-9-. The molecule has 0 radical (unpaired) electrons. The highest BCUT2D eigenvalue weighted by atomic mass is 127. The van der Waals surface area contributed by atoms with Crippen molar-refractivity contribution < 1.29 is 9.53 Å². The van der Waals surface area contributed by atoms with Gasteiger partial charge in [0, 0.05) is 20.7 Å². The zero-order chi connectivity index (χ0) is 22.4. The van der Waals surface area contributed by atoms with Gasteiger partial charge in [0.25, 0.3) is 5.91 Å².